The van der Waals surface area contributed by atoms with Gasteiger partial charge in [0.25, 0.3) is 0 Å². The SMILES string of the molecule is [Be+2].[H-].[H-].c1ccc2ncccc2c1. The molecule has 0 aliphatic heterocycles. The minimum Gasteiger partial charge on any atom is -1.00 e. The number of para-hydroxylation sites is 1. The molecule has 0 saturated carbocycles. The van der Waals surface area contributed by atoms with Crippen LogP contribution in [-0.2, 0) is 0 Å². The number of hydrogen-bond donors (Lipinski definition) is 0. The standard InChI is InChI=1S/C9H7N.Be.2H/c1-2-6-9-8(4-1)5-3-7-10-9;;;/h1-7H;;;/q;+2;2*-1. The van der Waals surface area contributed by atoms with Crippen molar-refractivity contribution in [1.82, 2.24) is 4.98 Å². The summed E-state index contributed by atoms with van der Waals surface area (Å²) in [6.07, 6.45) is 1.81. The third-order valence-corrected chi connectivity index (χ3v) is 1.51. The van der Waals surface area contributed by atoms with Crippen molar-refractivity contribution < 1.29 is 2.85 Å². The van der Waals surface area contributed by atoms with Crippen molar-refractivity contribution in [1.29, 1.82) is 0 Å². The van der Waals surface area contributed by atoms with Crippen LogP contribution in [0, 0.1) is 0 Å². The van der Waals surface area contributed by atoms with Gasteiger partial charge in [0.15, 0.2) is 0 Å². The van der Waals surface area contributed by atoms with E-state index >= 15 is 0 Å². The average molecular weight is 140 g/mol. The van der Waals surface area contributed by atoms with E-state index in [9.17, 15) is 0 Å². The summed E-state index contributed by atoms with van der Waals surface area (Å²) in [7, 11) is 0. The second kappa shape index (κ2) is 3.27. The van der Waals surface area contributed by atoms with Crippen LogP contribution < -0.4 is 0 Å². The molecule has 2 heteroatoms. The molecule has 0 N–H and O–H groups in total. The first-order chi connectivity index (χ1) is 4.97. The summed E-state index contributed by atoms with van der Waals surface area (Å²) in [4.78, 5) is 4.18. The average Bonchev–Trinajstić information content (AvgIpc) is 2.05. The van der Waals surface area contributed by atoms with Crippen molar-refractivity contribution >= 4 is 21.0 Å². The van der Waals surface area contributed by atoms with Gasteiger partial charge in [0.2, 0.25) is 0 Å². The van der Waals surface area contributed by atoms with Crippen molar-refractivity contribution in [2.75, 3.05) is 0 Å². The summed E-state index contributed by atoms with van der Waals surface area (Å²) < 4.78 is 0. The second-order valence-electron chi connectivity index (χ2n) is 2.20. The van der Waals surface area contributed by atoms with E-state index < -0.39 is 0 Å². The fourth-order valence-corrected chi connectivity index (χ4v) is 1.02. The van der Waals surface area contributed by atoms with Crippen molar-refractivity contribution in [2.24, 2.45) is 0 Å². The van der Waals surface area contributed by atoms with Crippen LogP contribution in [0.3, 0.4) is 0 Å². The van der Waals surface area contributed by atoms with Crippen LogP contribution in [0.4, 0.5) is 0 Å². The molecule has 11 heavy (non-hydrogen) atoms. The smallest absolute Gasteiger partial charge is 1.00 e. The summed E-state index contributed by atoms with van der Waals surface area (Å²) in [6, 6.07) is 12.1. The van der Waals surface area contributed by atoms with Crippen molar-refractivity contribution in [3.8, 4) is 0 Å². The topological polar surface area (TPSA) is 12.9 Å². The Morgan fingerprint density at radius 2 is 1.73 bits per heavy atom. The predicted octanol–water partition coefficient (Wildman–Crippen LogP) is 2.08. The van der Waals surface area contributed by atoms with E-state index in [1.54, 1.807) is 0 Å². The Hall–Kier alpha value is -1.20. The first-order valence-corrected chi connectivity index (χ1v) is 3.26. The second-order valence-corrected chi connectivity index (χ2v) is 2.20. The van der Waals surface area contributed by atoms with Gasteiger partial charge in [-0.15, -0.1) is 0 Å². The minimum atomic E-state index is 0. The largest absolute Gasteiger partial charge is 2.00 e. The maximum atomic E-state index is 4.18. The van der Waals surface area contributed by atoms with E-state index in [1.165, 1.54) is 5.39 Å². The molecule has 0 bridgehead atoms. The summed E-state index contributed by atoms with van der Waals surface area (Å²) in [5.41, 5.74) is 1.06. The van der Waals surface area contributed by atoms with E-state index in [-0.39, 0.29) is 13.0 Å². The quantitative estimate of drug-likeness (QED) is 0.510. The van der Waals surface area contributed by atoms with E-state index in [4.69, 9.17) is 0 Å². The number of pyridine rings is 1. The predicted molar refractivity (Wildman–Crippen MR) is 49.7 cm³/mol. The summed E-state index contributed by atoms with van der Waals surface area (Å²) >= 11 is 0. The molecule has 2 aromatic rings. The molecule has 0 atom stereocenters. The van der Waals surface area contributed by atoms with Gasteiger partial charge in [0.05, 0.1) is 5.52 Å². The van der Waals surface area contributed by atoms with Crippen LogP contribution in [0.2, 0.25) is 0 Å². The molecule has 1 heterocycles. The molecule has 1 aromatic carbocycles. The van der Waals surface area contributed by atoms with Gasteiger partial charge in [-0.25, -0.2) is 0 Å². The Morgan fingerprint density at radius 3 is 2.55 bits per heavy atom. The molecule has 0 fully saturated rings. The first-order valence-electron chi connectivity index (χ1n) is 3.26. The fraction of sp³-hybridized carbons (Fsp3) is 0. The van der Waals surface area contributed by atoms with Gasteiger partial charge >= 0.3 is 10.1 Å². The van der Waals surface area contributed by atoms with Gasteiger partial charge in [-0.3, -0.25) is 4.98 Å². The normalized spacial score (nSPS) is 9.09. The molecular formula is C9H9BeN. The van der Waals surface area contributed by atoms with Crippen LogP contribution in [-0.4, -0.2) is 15.1 Å². The molecule has 1 aromatic heterocycles. The Labute approximate surface area is 72.3 Å². The summed E-state index contributed by atoms with van der Waals surface area (Å²) in [6.45, 7) is 0. The molecule has 0 unspecified atom stereocenters. The Balaban J connectivity index is 0. The first kappa shape index (κ1) is 7.90. The number of hydrogen-bond acceptors (Lipinski definition) is 1. The summed E-state index contributed by atoms with van der Waals surface area (Å²) in [5, 5.41) is 1.20. The van der Waals surface area contributed by atoms with Crippen molar-refractivity contribution in [2.45, 2.75) is 0 Å². The molecule has 0 radical (unpaired) electrons. The van der Waals surface area contributed by atoms with E-state index in [0.29, 0.717) is 0 Å². The van der Waals surface area contributed by atoms with Crippen molar-refractivity contribution in [3.63, 3.8) is 0 Å². The van der Waals surface area contributed by atoms with Crippen LogP contribution in [0.25, 0.3) is 10.9 Å². The monoisotopic (exact) mass is 140 g/mol. The Bertz CT molecular complexity index is 289. The van der Waals surface area contributed by atoms with Gasteiger partial charge in [0.1, 0.15) is 0 Å². The zero-order chi connectivity index (χ0) is 6.81. The number of aromatic nitrogens is 1. The van der Waals surface area contributed by atoms with Gasteiger partial charge < -0.3 is 2.85 Å². The van der Waals surface area contributed by atoms with E-state index in [0.717, 1.165) is 5.52 Å². The Morgan fingerprint density at radius 1 is 1.00 bits per heavy atom. The zero-order valence-electron chi connectivity index (χ0n) is 8.20. The van der Waals surface area contributed by atoms with Gasteiger partial charge in [0, 0.05) is 11.6 Å². The van der Waals surface area contributed by atoms with Gasteiger partial charge in [-0.2, -0.15) is 0 Å². The molecule has 2 rings (SSSR count). The molecule has 0 saturated heterocycles. The molecule has 0 aliphatic rings. The van der Waals surface area contributed by atoms with Gasteiger partial charge in [-0.1, -0.05) is 24.3 Å². The molecule has 0 amide bonds. The van der Waals surface area contributed by atoms with Crippen LogP contribution >= 0.6 is 0 Å². The molecule has 0 spiro atoms. The third-order valence-electron chi connectivity index (χ3n) is 1.51. The van der Waals surface area contributed by atoms with Crippen LogP contribution in [0.5, 0.6) is 0 Å². The number of benzene rings is 1. The molecule has 1 nitrogen and oxygen atoms in total. The fourth-order valence-electron chi connectivity index (χ4n) is 1.02. The third kappa shape index (κ3) is 1.44. The molecular weight excluding hydrogens is 131 g/mol. The number of rotatable bonds is 0. The van der Waals surface area contributed by atoms with Crippen LogP contribution in [0.15, 0.2) is 42.6 Å². The molecule has 52 valence electrons. The summed E-state index contributed by atoms with van der Waals surface area (Å²) in [5.74, 6) is 0. The van der Waals surface area contributed by atoms with Crippen LogP contribution in [0.1, 0.15) is 2.85 Å². The van der Waals surface area contributed by atoms with E-state index in [2.05, 4.69) is 17.1 Å². The maximum Gasteiger partial charge on any atom is 2.00 e. The molecule has 0 aliphatic carbocycles. The van der Waals surface area contributed by atoms with Gasteiger partial charge in [-0.05, 0) is 12.1 Å². The van der Waals surface area contributed by atoms with Crippen molar-refractivity contribution in [3.05, 3.63) is 42.6 Å². The zero-order valence-corrected chi connectivity index (χ0v) is 6.20. The number of fused-ring (bicyclic) bond motifs is 1. The maximum absolute atomic E-state index is 4.18. The Kier molecular flexibility index (Phi) is 2.35. The number of nitrogens with zero attached hydrogens (tertiary/aromatic N) is 1. The van der Waals surface area contributed by atoms with E-state index in [1.807, 2.05) is 30.5 Å². The minimum absolute atomic E-state index is 0.